The fourth-order valence-corrected chi connectivity index (χ4v) is 3.51. The number of ketones is 2. The second kappa shape index (κ2) is 11.2. The molecule has 2 bridgehead atoms. The number of rotatable bonds is 6. The van der Waals surface area contributed by atoms with Gasteiger partial charge in [0.1, 0.15) is 0 Å². The smallest absolute Gasteiger partial charge is 0.407 e. The highest BCUT2D eigenvalue weighted by atomic mass is 16.5. The highest BCUT2D eigenvalue weighted by Crippen LogP contribution is 2.19. The number of ether oxygens (including phenoxy) is 1. The molecular weight excluding hydrogens is 412 g/mol. The van der Waals surface area contributed by atoms with Crippen LogP contribution < -0.4 is 10.6 Å². The summed E-state index contributed by atoms with van der Waals surface area (Å²) in [5, 5.41) is 12.5. The molecule has 0 radical (unpaired) electrons. The average Bonchev–Trinajstić information content (AvgIpc) is 3.16. The zero-order valence-corrected chi connectivity index (χ0v) is 19.7. The number of nitrogens with one attached hydrogen (secondary N) is 3. The van der Waals surface area contributed by atoms with Crippen LogP contribution in [0.2, 0.25) is 0 Å². The topological polar surface area (TPSA) is 130 Å². The van der Waals surface area contributed by atoms with Crippen molar-refractivity contribution in [2.24, 2.45) is 17.3 Å². The Kier molecular flexibility index (Phi) is 8.98. The summed E-state index contributed by atoms with van der Waals surface area (Å²) in [5.41, 5.74) is 1.58. The largest absolute Gasteiger partial charge is 0.449 e. The Labute approximate surface area is 189 Å². The van der Waals surface area contributed by atoms with E-state index in [1.54, 1.807) is 0 Å². The van der Waals surface area contributed by atoms with Gasteiger partial charge in [0, 0.05) is 24.6 Å². The van der Waals surface area contributed by atoms with Gasteiger partial charge in [0.25, 0.3) is 5.91 Å². The number of Topliss-reactive ketones (excluding diaryl/α,β-unsaturated/α-hetero) is 2. The first-order valence-electron chi connectivity index (χ1n) is 11.3. The van der Waals surface area contributed by atoms with Gasteiger partial charge in [-0.25, -0.2) is 4.79 Å². The highest BCUT2D eigenvalue weighted by molar-refractivity contribution is 6.37. The fraction of sp³-hybridized carbons (Fsp3) is 0.696. The van der Waals surface area contributed by atoms with E-state index in [-0.39, 0.29) is 30.1 Å². The van der Waals surface area contributed by atoms with Gasteiger partial charge in [0.2, 0.25) is 5.78 Å². The summed E-state index contributed by atoms with van der Waals surface area (Å²) in [4.78, 5) is 50.4. The van der Waals surface area contributed by atoms with Crippen LogP contribution >= 0.6 is 0 Å². The molecule has 0 saturated carbocycles. The molecule has 1 aliphatic rings. The molecule has 0 spiro atoms. The van der Waals surface area contributed by atoms with Gasteiger partial charge in [0.05, 0.1) is 18.3 Å². The molecule has 9 nitrogen and oxygen atoms in total. The minimum absolute atomic E-state index is 0.133. The van der Waals surface area contributed by atoms with Crippen LogP contribution in [0.3, 0.4) is 0 Å². The van der Waals surface area contributed by atoms with Gasteiger partial charge in [-0.1, -0.05) is 34.6 Å². The second-order valence-corrected chi connectivity index (χ2v) is 10.0. The number of carbonyl (C=O) groups is 4. The van der Waals surface area contributed by atoms with Gasteiger partial charge in [-0.05, 0) is 43.1 Å². The van der Waals surface area contributed by atoms with Crippen LogP contribution in [0, 0.1) is 17.3 Å². The van der Waals surface area contributed by atoms with Crippen LogP contribution in [-0.4, -0.2) is 53.0 Å². The van der Waals surface area contributed by atoms with E-state index in [0.717, 1.165) is 17.8 Å². The highest BCUT2D eigenvalue weighted by Gasteiger charge is 2.32. The Morgan fingerprint density at radius 2 is 1.97 bits per heavy atom. The third kappa shape index (κ3) is 8.09. The predicted molar refractivity (Wildman–Crippen MR) is 119 cm³/mol. The molecule has 0 aliphatic carbocycles. The van der Waals surface area contributed by atoms with Gasteiger partial charge in [-0.15, -0.1) is 0 Å². The van der Waals surface area contributed by atoms with Crippen LogP contribution in [0.1, 0.15) is 65.3 Å². The molecule has 2 amide bonds. The zero-order valence-electron chi connectivity index (χ0n) is 19.7. The Balaban J connectivity index is 2.09. The quantitative estimate of drug-likeness (QED) is 0.573. The zero-order chi connectivity index (χ0) is 23.9. The Morgan fingerprint density at radius 1 is 1.25 bits per heavy atom. The number of hydrogen-bond acceptors (Lipinski definition) is 6. The molecule has 2 heterocycles. The van der Waals surface area contributed by atoms with Gasteiger partial charge >= 0.3 is 6.09 Å². The lowest BCUT2D eigenvalue weighted by Gasteiger charge is -2.24. The summed E-state index contributed by atoms with van der Waals surface area (Å²) in [6, 6.07) is 1.15. The Bertz CT molecular complexity index is 825. The minimum Gasteiger partial charge on any atom is -0.449 e. The molecule has 0 saturated heterocycles. The molecule has 3 N–H and O–H groups in total. The average molecular weight is 449 g/mol. The SMILES string of the molecule is CC(C)C(NC(=O)OCC(C)(C)C)C(=O)CC1CCc2cc([nH]n2)CCCNC(=O)C1=O. The number of amides is 2. The van der Waals surface area contributed by atoms with E-state index in [0.29, 0.717) is 25.8 Å². The number of alkyl carbamates (subject to hydrolysis) is 1. The van der Waals surface area contributed by atoms with Crippen LogP contribution in [0.25, 0.3) is 0 Å². The normalized spacial score (nSPS) is 18.9. The van der Waals surface area contributed by atoms with Gasteiger partial charge in [-0.2, -0.15) is 5.10 Å². The number of H-pyrrole nitrogens is 1. The van der Waals surface area contributed by atoms with E-state index in [1.165, 1.54) is 0 Å². The first-order chi connectivity index (χ1) is 15.0. The number of aromatic nitrogens is 2. The van der Waals surface area contributed by atoms with Crippen molar-refractivity contribution in [1.82, 2.24) is 20.8 Å². The summed E-state index contributed by atoms with van der Waals surface area (Å²) in [6.07, 6.45) is 1.41. The van der Waals surface area contributed by atoms with Gasteiger partial charge in [0.15, 0.2) is 5.78 Å². The molecule has 1 aliphatic heterocycles. The van der Waals surface area contributed by atoms with Crippen molar-refractivity contribution in [2.45, 2.75) is 72.8 Å². The van der Waals surface area contributed by atoms with E-state index in [1.807, 2.05) is 40.7 Å². The maximum Gasteiger partial charge on any atom is 0.407 e. The standard InChI is InChI=1S/C23H36N4O5/c1-14(2)19(25-22(31)32-13-23(3,4)5)18(28)11-15-8-9-17-12-16(26-27-17)7-6-10-24-21(30)20(15)29/h12,14-15,19H,6-11,13H2,1-5H3,(H,24,30)(H,25,31)(H,26,27). The monoisotopic (exact) mass is 448 g/mol. The van der Waals surface area contributed by atoms with Crippen molar-refractivity contribution in [3.8, 4) is 0 Å². The van der Waals surface area contributed by atoms with E-state index < -0.39 is 29.7 Å². The molecule has 1 aromatic rings. The molecule has 2 unspecified atom stereocenters. The Hall–Kier alpha value is -2.71. The molecule has 178 valence electrons. The van der Waals surface area contributed by atoms with Crippen LogP contribution in [0.15, 0.2) is 6.07 Å². The molecule has 1 aromatic heterocycles. The lowest BCUT2D eigenvalue weighted by molar-refractivity contribution is -0.141. The van der Waals surface area contributed by atoms with Crippen molar-refractivity contribution in [2.75, 3.05) is 13.2 Å². The molecular formula is C23H36N4O5. The maximum atomic E-state index is 13.1. The number of hydrogen-bond donors (Lipinski definition) is 3. The van der Waals surface area contributed by atoms with Crippen molar-refractivity contribution < 1.29 is 23.9 Å². The maximum absolute atomic E-state index is 13.1. The molecule has 32 heavy (non-hydrogen) atoms. The summed E-state index contributed by atoms with van der Waals surface area (Å²) in [6.45, 7) is 10.0. The van der Waals surface area contributed by atoms with E-state index in [2.05, 4.69) is 20.8 Å². The van der Waals surface area contributed by atoms with Gasteiger partial charge < -0.3 is 15.4 Å². The van der Waals surface area contributed by atoms with Crippen molar-refractivity contribution >= 4 is 23.6 Å². The second-order valence-electron chi connectivity index (χ2n) is 10.0. The Morgan fingerprint density at radius 3 is 2.62 bits per heavy atom. The summed E-state index contributed by atoms with van der Waals surface area (Å²) >= 11 is 0. The first-order valence-corrected chi connectivity index (χ1v) is 11.3. The third-order valence-electron chi connectivity index (χ3n) is 5.31. The number of aryl methyl sites for hydroxylation is 2. The third-order valence-corrected chi connectivity index (χ3v) is 5.31. The van der Waals surface area contributed by atoms with Crippen LogP contribution in [-0.2, 0) is 32.0 Å². The molecule has 2 rings (SSSR count). The van der Waals surface area contributed by atoms with E-state index >= 15 is 0 Å². The molecule has 2 atom stereocenters. The summed E-state index contributed by atoms with van der Waals surface area (Å²) in [7, 11) is 0. The minimum atomic E-state index is -0.809. The van der Waals surface area contributed by atoms with Crippen LogP contribution in [0.4, 0.5) is 4.79 Å². The van der Waals surface area contributed by atoms with Crippen molar-refractivity contribution in [3.63, 3.8) is 0 Å². The lowest BCUT2D eigenvalue weighted by atomic mass is 9.87. The summed E-state index contributed by atoms with van der Waals surface area (Å²) < 4.78 is 5.23. The molecule has 9 heteroatoms. The predicted octanol–water partition coefficient (Wildman–Crippen LogP) is 2.35. The van der Waals surface area contributed by atoms with Crippen LogP contribution in [0.5, 0.6) is 0 Å². The number of nitrogens with zero attached hydrogens (tertiary/aromatic N) is 1. The summed E-state index contributed by atoms with van der Waals surface area (Å²) in [5.74, 6) is -2.55. The number of fused-ring (bicyclic) bond motifs is 2. The molecule has 0 aromatic carbocycles. The number of carbonyl (C=O) groups excluding carboxylic acids is 4. The lowest BCUT2D eigenvalue weighted by Crippen LogP contribution is -2.46. The van der Waals surface area contributed by atoms with Crippen molar-refractivity contribution in [3.05, 3.63) is 17.5 Å². The molecule has 0 fully saturated rings. The van der Waals surface area contributed by atoms with E-state index in [9.17, 15) is 19.2 Å². The van der Waals surface area contributed by atoms with E-state index in [4.69, 9.17) is 4.74 Å². The van der Waals surface area contributed by atoms with Crippen molar-refractivity contribution in [1.29, 1.82) is 0 Å². The van der Waals surface area contributed by atoms with Gasteiger partial charge in [-0.3, -0.25) is 19.5 Å². The first kappa shape index (κ1) is 25.5. The number of aromatic amines is 1. The fourth-order valence-electron chi connectivity index (χ4n) is 3.51.